The fourth-order valence-electron chi connectivity index (χ4n) is 2.20. The van der Waals surface area contributed by atoms with Gasteiger partial charge in [0.15, 0.2) is 0 Å². The maximum absolute atomic E-state index is 12.9. The van der Waals surface area contributed by atoms with E-state index in [9.17, 15) is 9.50 Å². The summed E-state index contributed by atoms with van der Waals surface area (Å²) >= 11 is 0. The first kappa shape index (κ1) is 9.50. The molecule has 1 aromatic carbocycles. The molecule has 1 N–H and O–H groups in total. The number of phenolic OH excluding ortho intramolecular Hbond substituents is 1. The van der Waals surface area contributed by atoms with Crippen molar-refractivity contribution in [1.29, 1.82) is 0 Å². The van der Waals surface area contributed by atoms with Crippen LogP contribution in [0.1, 0.15) is 37.2 Å². The van der Waals surface area contributed by atoms with E-state index in [2.05, 4.69) is 0 Å². The zero-order chi connectivity index (χ0) is 9.97. The third-order valence-electron chi connectivity index (χ3n) is 3.03. The second-order valence-corrected chi connectivity index (χ2v) is 4.01. The Morgan fingerprint density at radius 1 is 1.07 bits per heavy atom. The summed E-state index contributed by atoms with van der Waals surface area (Å²) in [6.45, 7) is 0. The first-order valence-electron chi connectivity index (χ1n) is 5.19. The third-order valence-corrected chi connectivity index (χ3v) is 3.03. The van der Waals surface area contributed by atoms with Crippen LogP contribution in [-0.4, -0.2) is 11.3 Å². The Labute approximate surface area is 83.6 Å². The second-order valence-electron chi connectivity index (χ2n) is 4.01. The van der Waals surface area contributed by atoms with E-state index in [4.69, 9.17) is 0 Å². The molecule has 1 aliphatic carbocycles. The third kappa shape index (κ3) is 1.89. The largest absolute Gasteiger partial charge is 0.508 e. The quantitative estimate of drug-likeness (QED) is 0.726. The second kappa shape index (κ2) is 3.99. The molecule has 1 nitrogen and oxygen atoms in total. The van der Waals surface area contributed by atoms with E-state index in [0.29, 0.717) is 24.5 Å². The molecular formula is C12H15FO. The Bertz CT molecular complexity index is 303. The van der Waals surface area contributed by atoms with Gasteiger partial charge in [-0.3, -0.25) is 0 Å². The average Bonchev–Trinajstić information content (AvgIpc) is 2.20. The van der Waals surface area contributed by atoms with E-state index in [1.807, 2.05) is 18.2 Å². The van der Waals surface area contributed by atoms with Gasteiger partial charge in [-0.25, -0.2) is 4.39 Å². The van der Waals surface area contributed by atoms with Gasteiger partial charge in [-0.2, -0.15) is 0 Å². The van der Waals surface area contributed by atoms with Gasteiger partial charge in [0.1, 0.15) is 11.9 Å². The number of hydrogen-bond donors (Lipinski definition) is 1. The number of aromatic hydroxyl groups is 1. The van der Waals surface area contributed by atoms with Gasteiger partial charge in [-0.05, 0) is 43.2 Å². The number of benzene rings is 1. The molecule has 1 aromatic rings. The van der Waals surface area contributed by atoms with Gasteiger partial charge in [-0.15, -0.1) is 0 Å². The molecule has 14 heavy (non-hydrogen) atoms. The molecular weight excluding hydrogens is 179 g/mol. The number of alkyl halides is 1. The van der Waals surface area contributed by atoms with Crippen LogP contribution < -0.4 is 0 Å². The maximum atomic E-state index is 12.9. The van der Waals surface area contributed by atoms with Crippen molar-refractivity contribution < 1.29 is 9.50 Å². The summed E-state index contributed by atoms with van der Waals surface area (Å²) in [6, 6.07) is 7.39. The normalized spacial score (nSPS) is 27.5. The number of halogens is 1. The first-order valence-corrected chi connectivity index (χ1v) is 5.19. The van der Waals surface area contributed by atoms with Crippen LogP contribution in [0.15, 0.2) is 24.3 Å². The predicted octanol–water partition coefficient (Wildman–Crippen LogP) is 3.39. The lowest BCUT2D eigenvalue weighted by atomic mass is 9.83. The van der Waals surface area contributed by atoms with Gasteiger partial charge in [0.2, 0.25) is 0 Å². The summed E-state index contributed by atoms with van der Waals surface area (Å²) in [5, 5.41) is 9.63. The van der Waals surface area contributed by atoms with Gasteiger partial charge < -0.3 is 5.11 Å². The van der Waals surface area contributed by atoms with Gasteiger partial charge >= 0.3 is 0 Å². The van der Waals surface area contributed by atoms with E-state index in [1.54, 1.807) is 6.07 Å². The molecule has 0 amide bonds. The van der Waals surface area contributed by atoms with E-state index in [0.717, 1.165) is 18.4 Å². The minimum Gasteiger partial charge on any atom is -0.508 e. The minimum atomic E-state index is -0.628. The number of hydrogen-bond acceptors (Lipinski definition) is 1. The lowest BCUT2D eigenvalue weighted by Gasteiger charge is -2.24. The molecule has 0 atom stereocenters. The predicted molar refractivity (Wildman–Crippen MR) is 54.2 cm³/mol. The summed E-state index contributed by atoms with van der Waals surface area (Å²) in [5.41, 5.74) is 0.986. The molecule has 0 saturated heterocycles. The van der Waals surface area contributed by atoms with Crippen molar-refractivity contribution in [1.82, 2.24) is 0 Å². The van der Waals surface area contributed by atoms with Crippen molar-refractivity contribution in [3.63, 3.8) is 0 Å². The Morgan fingerprint density at radius 2 is 1.71 bits per heavy atom. The van der Waals surface area contributed by atoms with Crippen LogP contribution in [0.2, 0.25) is 0 Å². The Kier molecular flexibility index (Phi) is 2.71. The standard InChI is InChI=1S/C12H15FO/c13-10-7-5-9(6-8-10)11-3-1-2-4-12(11)14/h1-4,9-10,14H,5-8H2. The van der Waals surface area contributed by atoms with E-state index < -0.39 is 6.17 Å². The first-order chi connectivity index (χ1) is 6.77. The minimum absolute atomic E-state index is 0.350. The van der Waals surface area contributed by atoms with Crippen molar-refractivity contribution in [2.75, 3.05) is 0 Å². The molecule has 76 valence electrons. The molecule has 2 rings (SSSR count). The molecule has 0 aliphatic heterocycles. The van der Waals surface area contributed by atoms with Crippen LogP contribution in [0.4, 0.5) is 4.39 Å². The molecule has 0 aromatic heterocycles. The zero-order valence-corrected chi connectivity index (χ0v) is 8.12. The molecule has 2 heteroatoms. The summed E-state index contributed by atoms with van der Waals surface area (Å²) in [6.07, 6.45) is 2.37. The topological polar surface area (TPSA) is 20.2 Å². The molecule has 0 radical (unpaired) electrons. The smallest absolute Gasteiger partial charge is 0.119 e. The van der Waals surface area contributed by atoms with Gasteiger partial charge in [0.05, 0.1) is 0 Å². The summed E-state index contributed by atoms with van der Waals surface area (Å²) < 4.78 is 12.9. The lowest BCUT2D eigenvalue weighted by Crippen LogP contribution is -2.13. The molecule has 0 spiro atoms. The van der Waals surface area contributed by atoms with Crippen molar-refractivity contribution in [3.8, 4) is 5.75 Å². The van der Waals surface area contributed by atoms with Crippen LogP contribution >= 0.6 is 0 Å². The van der Waals surface area contributed by atoms with Crippen molar-refractivity contribution >= 4 is 0 Å². The van der Waals surface area contributed by atoms with Gasteiger partial charge in [0, 0.05) is 0 Å². The lowest BCUT2D eigenvalue weighted by molar-refractivity contribution is 0.233. The van der Waals surface area contributed by atoms with Crippen LogP contribution in [0.3, 0.4) is 0 Å². The monoisotopic (exact) mass is 194 g/mol. The SMILES string of the molecule is Oc1ccccc1C1CCC(F)CC1. The van der Waals surface area contributed by atoms with E-state index >= 15 is 0 Å². The van der Waals surface area contributed by atoms with E-state index in [-0.39, 0.29) is 0 Å². The Morgan fingerprint density at radius 3 is 2.36 bits per heavy atom. The number of rotatable bonds is 1. The molecule has 1 aliphatic rings. The summed E-state index contributed by atoms with van der Waals surface area (Å²) in [4.78, 5) is 0. The van der Waals surface area contributed by atoms with Gasteiger partial charge in [0.25, 0.3) is 0 Å². The average molecular weight is 194 g/mol. The summed E-state index contributed by atoms with van der Waals surface area (Å²) in [5.74, 6) is 0.706. The molecule has 0 heterocycles. The highest BCUT2D eigenvalue weighted by Crippen LogP contribution is 2.37. The molecule has 1 saturated carbocycles. The Hall–Kier alpha value is -1.05. The molecule has 1 fully saturated rings. The van der Waals surface area contributed by atoms with Crippen molar-refractivity contribution in [2.24, 2.45) is 0 Å². The summed E-state index contributed by atoms with van der Waals surface area (Å²) in [7, 11) is 0. The number of para-hydroxylation sites is 1. The van der Waals surface area contributed by atoms with Crippen LogP contribution in [0, 0.1) is 0 Å². The van der Waals surface area contributed by atoms with Crippen LogP contribution in [0.25, 0.3) is 0 Å². The molecule has 0 unspecified atom stereocenters. The molecule has 0 bridgehead atoms. The Balaban J connectivity index is 2.12. The van der Waals surface area contributed by atoms with Crippen molar-refractivity contribution in [3.05, 3.63) is 29.8 Å². The fraction of sp³-hybridized carbons (Fsp3) is 0.500. The maximum Gasteiger partial charge on any atom is 0.119 e. The number of phenols is 1. The zero-order valence-electron chi connectivity index (χ0n) is 8.12. The van der Waals surface area contributed by atoms with Crippen LogP contribution in [0.5, 0.6) is 5.75 Å². The highest BCUT2D eigenvalue weighted by Gasteiger charge is 2.23. The van der Waals surface area contributed by atoms with Crippen LogP contribution in [-0.2, 0) is 0 Å². The highest BCUT2D eigenvalue weighted by molar-refractivity contribution is 5.35. The van der Waals surface area contributed by atoms with Crippen molar-refractivity contribution in [2.45, 2.75) is 37.8 Å². The highest BCUT2D eigenvalue weighted by atomic mass is 19.1. The van der Waals surface area contributed by atoms with Gasteiger partial charge in [-0.1, -0.05) is 18.2 Å². The van der Waals surface area contributed by atoms with E-state index in [1.165, 1.54) is 0 Å². The fourth-order valence-corrected chi connectivity index (χ4v) is 2.20.